The molecule has 1 amide bonds. The summed E-state index contributed by atoms with van der Waals surface area (Å²) in [5.74, 6) is -2.48. The Bertz CT molecular complexity index is 814. The lowest BCUT2D eigenvalue weighted by atomic mass is 9.92. The summed E-state index contributed by atoms with van der Waals surface area (Å²) >= 11 is 0. The van der Waals surface area contributed by atoms with E-state index in [0.717, 1.165) is 6.07 Å². The van der Waals surface area contributed by atoms with E-state index in [9.17, 15) is 19.5 Å². The van der Waals surface area contributed by atoms with E-state index < -0.39 is 24.1 Å². The van der Waals surface area contributed by atoms with Gasteiger partial charge in [-0.2, -0.15) is 0 Å². The van der Waals surface area contributed by atoms with E-state index in [0.29, 0.717) is 16.7 Å². The molecule has 24 heavy (non-hydrogen) atoms. The van der Waals surface area contributed by atoms with Crippen LogP contribution in [0.15, 0.2) is 42.5 Å². The highest BCUT2D eigenvalue weighted by Crippen LogP contribution is 2.32. The first kappa shape index (κ1) is 17.0. The van der Waals surface area contributed by atoms with Gasteiger partial charge in [0.15, 0.2) is 0 Å². The highest BCUT2D eigenvalue weighted by molar-refractivity contribution is 6.00. The van der Waals surface area contributed by atoms with Gasteiger partial charge >= 0.3 is 18.0 Å². The number of primary amides is 1. The molecule has 0 aliphatic carbocycles. The summed E-state index contributed by atoms with van der Waals surface area (Å²) < 4.78 is 4.96. The van der Waals surface area contributed by atoms with E-state index in [1.165, 1.54) is 12.1 Å². The van der Waals surface area contributed by atoms with Gasteiger partial charge in [-0.3, -0.25) is 0 Å². The predicted molar refractivity (Wildman–Crippen MR) is 84.9 cm³/mol. The molecule has 4 N–H and O–H groups in total. The minimum atomic E-state index is -1.26. The van der Waals surface area contributed by atoms with Crippen molar-refractivity contribution < 1.29 is 29.3 Å². The van der Waals surface area contributed by atoms with Gasteiger partial charge in [0, 0.05) is 5.56 Å². The van der Waals surface area contributed by atoms with Gasteiger partial charge in [0.05, 0.1) is 11.1 Å². The Balaban J connectivity index is 2.62. The van der Waals surface area contributed by atoms with Crippen molar-refractivity contribution in [2.24, 2.45) is 5.73 Å². The van der Waals surface area contributed by atoms with Crippen molar-refractivity contribution in [1.82, 2.24) is 0 Å². The first-order valence-electron chi connectivity index (χ1n) is 6.97. The van der Waals surface area contributed by atoms with Crippen LogP contribution in [0.1, 0.15) is 39.3 Å². The highest BCUT2D eigenvalue weighted by Gasteiger charge is 2.20. The summed E-state index contributed by atoms with van der Waals surface area (Å²) in [6, 6.07) is 10.6. The Kier molecular flexibility index (Phi) is 4.84. The molecule has 0 aromatic heterocycles. The Morgan fingerprint density at radius 3 is 2.25 bits per heavy atom. The van der Waals surface area contributed by atoms with Gasteiger partial charge in [-0.25, -0.2) is 14.4 Å². The number of rotatable bonds is 5. The number of carboxylic acid groups (broad SMARTS) is 2. The first-order valence-corrected chi connectivity index (χ1v) is 6.97. The van der Waals surface area contributed by atoms with Gasteiger partial charge in [0.1, 0.15) is 6.10 Å². The van der Waals surface area contributed by atoms with E-state index >= 15 is 0 Å². The first-order chi connectivity index (χ1) is 11.3. The maximum Gasteiger partial charge on any atom is 0.405 e. The number of hydrogen-bond acceptors (Lipinski definition) is 4. The summed E-state index contributed by atoms with van der Waals surface area (Å²) in [5.41, 5.74) is 6.14. The fourth-order valence-electron chi connectivity index (χ4n) is 2.42. The Morgan fingerprint density at radius 1 is 1.00 bits per heavy atom. The van der Waals surface area contributed by atoms with E-state index in [2.05, 4.69) is 0 Å². The molecule has 0 bridgehead atoms. The van der Waals surface area contributed by atoms with Crippen LogP contribution in [0.5, 0.6) is 0 Å². The third kappa shape index (κ3) is 3.52. The third-order valence-corrected chi connectivity index (χ3v) is 3.48. The number of ether oxygens (including phenoxy) is 1. The number of carboxylic acids is 2. The van der Waals surface area contributed by atoms with Crippen LogP contribution in [-0.4, -0.2) is 28.2 Å². The van der Waals surface area contributed by atoms with Gasteiger partial charge < -0.3 is 20.7 Å². The van der Waals surface area contributed by atoms with Crippen molar-refractivity contribution in [3.05, 3.63) is 59.2 Å². The lowest BCUT2D eigenvalue weighted by Crippen LogP contribution is -2.16. The largest absolute Gasteiger partial charge is 0.478 e. The molecule has 2 rings (SSSR count). The number of carbonyl (C=O) groups is 3. The maximum atomic E-state index is 11.5. The van der Waals surface area contributed by atoms with Crippen molar-refractivity contribution in [3.63, 3.8) is 0 Å². The molecule has 0 spiro atoms. The highest BCUT2D eigenvalue weighted by atomic mass is 16.6. The molecule has 0 saturated carbocycles. The molecular formula is C17H15NO6. The van der Waals surface area contributed by atoms with Crippen LogP contribution >= 0.6 is 0 Å². The molecule has 7 nitrogen and oxygen atoms in total. The van der Waals surface area contributed by atoms with Crippen molar-refractivity contribution >= 4 is 18.0 Å². The molecule has 0 heterocycles. The van der Waals surface area contributed by atoms with E-state index in [1.807, 2.05) is 0 Å². The molecule has 2 aromatic carbocycles. The van der Waals surface area contributed by atoms with E-state index in [-0.39, 0.29) is 11.1 Å². The maximum absolute atomic E-state index is 11.5. The molecule has 0 fully saturated rings. The standard InChI is InChI=1S/C17H15NO6/c1-9(24-17(18)23)11-4-2-3-5-12(11)13-7-6-10(15(19)20)8-14(13)16(21)22/h2-9H,1H3,(H2,18,23)(H,19,20)(H,21,22). The zero-order valence-electron chi connectivity index (χ0n) is 12.7. The molecule has 0 aliphatic rings. The number of nitrogens with two attached hydrogens (primary N) is 1. The number of benzene rings is 2. The summed E-state index contributed by atoms with van der Waals surface area (Å²) in [7, 11) is 0. The van der Waals surface area contributed by atoms with Crippen LogP contribution in [0, 0.1) is 0 Å². The minimum absolute atomic E-state index is 0.130. The van der Waals surface area contributed by atoms with Crippen LogP contribution in [-0.2, 0) is 4.74 Å². The number of hydrogen-bond donors (Lipinski definition) is 3. The Hall–Kier alpha value is -3.35. The molecule has 2 aromatic rings. The molecule has 0 aliphatic heterocycles. The number of carbonyl (C=O) groups excluding carboxylic acids is 1. The van der Waals surface area contributed by atoms with Crippen LogP contribution in [0.2, 0.25) is 0 Å². The molecule has 1 atom stereocenters. The average Bonchev–Trinajstić information content (AvgIpc) is 2.53. The van der Waals surface area contributed by atoms with Gasteiger partial charge in [-0.15, -0.1) is 0 Å². The summed E-state index contributed by atoms with van der Waals surface area (Å²) in [6.07, 6.45) is -1.64. The van der Waals surface area contributed by atoms with Crippen molar-refractivity contribution in [3.8, 4) is 11.1 Å². The molecule has 0 radical (unpaired) electrons. The lowest BCUT2D eigenvalue weighted by molar-refractivity contribution is 0.0696. The second-order valence-electron chi connectivity index (χ2n) is 5.04. The molecule has 124 valence electrons. The van der Waals surface area contributed by atoms with Crippen molar-refractivity contribution in [1.29, 1.82) is 0 Å². The lowest BCUT2D eigenvalue weighted by Gasteiger charge is -2.17. The average molecular weight is 329 g/mol. The predicted octanol–water partition coefficient (Wildman–Crippen LogP) is 2.91. The topological polar surface area (TPSA) is 127 Å². The second kappa shape index (κ2) is 6.82. The quantitative estimate of drug-likeness (QED) is 0.774. The molecular weight excluding hydrogens is 314 g/mol. The molecule has 7 heteroatoms. The van der Waals surface area contributed by atoms with Crippen molar-refractivity contribution in [2.75, 3.05) is 0 Å². The summed E-state index contributed by atoms with van der Waals surface area (Å²) in [6.45, 7) is 1.61. The zero-order valence-corrected chi connectivity index (χ0v) is 12.7. The van der Waals surface area contributed by atoms with E-state index in [1.54, 1.807) is 31.2 Å². The van der Waals surface area contributed by atoms with Gasteiger partial charge in [0.25, 0.3) is 0 Å². The summed E-state index contributed by atoms with van der Waals surface area (Å²) in [4.78, 5) is 33.6. The van der Waals surface area contributed by atoms with E-state index in [4.69, 9.17) is 15.6 Å². The fraction of sp³-hybridized carbons (Fsp3) is 0.118. The fourth-order valence-corrected chi connectivity index (χ4v) is 2.42. The Labute approximate surface area is 137 Å². The van der Waals surface area contributed by atoms with Crippen LogP contribution in [0.25, 0.3) is 11.1 Å². The normalized spacial score (nSPS) is 11.5. The zero-order chi connectivity index (χ0) is 17.9. The van der Waals surface area contributed by atoms with Crippen LogP contribution < -0.4 is 5.73 Å². The number of amides is 1. The smallest absolute Gasteiger partial charge is 0.405 e. The van der Waals surface area contributed by atoms with Crippen LogP contribution in [0.3, 0.4) is 0 Å². The van der Waals surface area contributed by atoms with Gasteiger partial charge in [0.2, 0.25) is 0 Å². The monoisotopic (exact) mass is 329 g/mol. The minimum Gasteiger partial charge on any atom is -0.478 e. The molecule has 1 unspecified atom stereocenters. The van der Waals surface area contributed by atoms with Crippen LogP contribution in [0.4, 0.5) is 4.79 Å². The SMILES string of the molecule is CC(OC(N)=O)c1ccccc1-c1ccc(C(=O)O)cc1C(=O)O. The van der Waals surface area contributed by atoms with Crippen molar-refractivity contribution in [2.45, 2.75) is 13.0 Å². The van der Waals surface area contributed by atoms with Gasteiger partial charge in [-0.1, -0.05) is 30.3 Å². The Morgan fingerprint density at radius 2 is 1.67 bits per heavy atom. The second-order valence-corrected chi connectivity index (χ2v) is 5.04. The summed E-state index contributed by atoms with van der Waals surface area (Å²) in [5, 5.41) is 18.4. The molecule has 0 saturated heterocycles. The number of aromatic carboxylic acids is 2. The third-order valence-electron chi connectivity index (χ3n) is 3.48. The van der Waals surface area contributed by atoms with Gasteiger partial charge in [-0.05, 0) is 30.2 Å².